The van der Waals surface area contributed by atoms with E-state index in [1.807, 2.05) is 6.92 Å². The number of esters is 1. The molecule has 0 aromatic heterocycles. The fraction of sp³-hybridized carbons (Fsp3) is 0.125. The van der Waals surface area contributed by atoms with Crippen molar-refractivity contribution in [1.29, 1.82) is 0 Å². The van der Waals surface area contributed by atoms with Gasteiger partial charge in [0, 0.05) is 15.6 Å². The highest BCUT2D eigenvalue weighted by atomic mass is 79.9. The Hall–Kier alpha value is -2.87. The second-order valence-corrected chi connectivity index (χ2v) is 8.50. The Bertz CT molecular complexity index is 1180. The summed E-state index contributed by atoms with van der Waals surface area (Å²) in [6.07, 6.45) is 2.27. The zero-order valence-corrected chi connectivity index (χ0v) is 20.6. The molecular weight excluding hydrogens is 531 g/mol. The van der Waals surface area contributed by atoms with Crippen LogP contribution in [0.2, 0.25) is 10.0 Å². The van der Waals surface area contributed by atoms with Gasteiger partial charge < -0.3 is 9.47 Å². The van der Waals surface area contributed by atoms with E-state index in [1.54, 1.807) is 42.5 Å². The van der Waals surface area contributed by atoms with Crippen molar-refractivity contribution >= 4 is 57.2 Å². The van der Waals surface area contributed by atoms with E-state index in [0.717, 1.165) is 10.9 Å². The topological polar surface area (TPSA) is 77.0 Å². The van der Waals surface area contributed by atoms with E-state index in [4.69, 9.17) is 32.7 Å². The molecule has 0 saturated heterocycles. The summed E-state index contributed by atoms with van der Waals surface area (Å²) in [7, 11) is 0. The summed E-state index contributed by atoms with van der Waals surface area (Å²) in [4.78, 5) is 24.9. The second-order valence-electron chi connectivity index (χ2n) is 6.77. The van der Waals surface area contributed by atoms with Gasteiger partial charge in [-0.1, -0.05) is 46.1 Å². The molecule has 0 radical (unpaired) electrons. The Morgan fingerprint density at radius 2 is 1.73 bits per heavy atom. The second kappa shape index (κ2) is 11.8. The van der Waals surface area contributed by atoms with Gasteiger partial charge in [-0.25, -0.2) is 10.2 Å². The molecule has 0 atom stereocenters. The van der Waals surface area contributed by atoms with Crippen molar-refractivity contribution in [3.8, 4) is 11.5 Å². The number of carbonyl (C=O) groups excluding carboxylic acids is 2. The Kier molecular flexibility index (Phi) is 8.88. The minimum Gasteiger partial charge on any atom is -0.494 e. The van der Waals surface area contributed by atoms with Crippen molar-refractivity contribution in [2.24, 2.45) is 5.10 Å². The average Bonchev–Trinajstić information content (AvgIpc) is 2.81. The lowest BCUT2D eigenvalue weighted by Crippen LogP contribution is -2.17. The fourth-order valence-electron chi connectivity index (χ4n) is 2.64. The molecule has 0 unspecified atom stereocenters. The molecule has 0 aliphatic heterocycles. The van der Waals surface area contributed by atoms with Crippen molar-refractivity contribution in [3.63, 3.8) is 0 Å². The van der Waals surface area contributed by atoms with Crippen LogP contribution in [0.4, 0.5) is 0 Å². The standard InChI is InChI=1S/C24H19BrCl2N2O4/c1-2-11-32-19-7-3-15(4-8-19)24(31)33-22-10-6-18(25)12-17(22)14-28-29-23(30)16-5-9-20(26)21(27)13-16/h3-10,12-14H,2,11H2,1H3,(H,29,30)/b28-14-. The highest BCUT2D eigenvalue weighted by Crippen LogP contribution is 2.24. The van der Waals surface area contributed by atoms with Crippen LogP contribution in [0.5, 0.6) is 11.5 Å². The van der Waals surface area contributed by atoms with Crippen molar-refractivity contribution in [2.45, 2.75) is 13.3 Å². The van der Waals surface area contributed by atoms with Crippen LogP contribution in [0.1, 0.15) is 39.6 Å². The molecule has 0 spiro atoms. The largest absolute Gasteiger partial charge is 0.494 e. The molecular formula is C24H19BrCl2N2O4. The molecule has 9 heteroatoms. The monoisotopic (exact) mass is 548 g/mol. The number of nitrogens with zero attached hydrogens (tertiary/aromatic N) is 1. The van der Waals surface area contributed by atoms with Gasteiger partial charge in [-0.05, 0) is 67.1 Å². The van der Waals surface area contributed by atoms with Gasteiger partial charge in [0.05, 0.1) is 28.4 Å². The molecule has 0 fully saturated rings. The first kappa shape index (κ1) is 24.8. The number of hydrogen-bond donors (Lipinski definition) is 1. The Morgan fingerprint density at radius 3 is 2.42 bits per heavy atom. The minimum absolute atomic E-state index is 0.263. The first-order chi connectivity index (χ1) is 15.9. The number of hydrogen-bond acceptors (Lipinski definition) is 5. The van der Waals surface area contributed by atoms with Crippen molar-refractivity contribution < 1.29 is 19.1 Å². The summed E-state index contributed by atoms with van der Waals surface area (Å²) in [6.45, 7) is 2.62. The first-order valence-corrected chi connectivity index (χ1v) is 11.5. The molecule has 33 heavy (non-hydrogen) atoms. The lowest BCUT2D eigenvalue weighted by molar-refractivity contribution is 0.0734. The molecule has 0 aliphatic rings. The Balaban J connectivity index is 1.70. The van der Waals surface area contributed by atoms with Gasteiger partial charge in [-0.15, -0.1) is 0 Å². The molecule has 0 heterocycles. The first-order valence-electron chi connectivity index (χ1n) is 9.90. The number of rotatable bonds is 8. The van der Waals surface area contributed by atoms with Gasteiger partial charge in [0.1, 0.15) is 11.5 Å². The number of carbonyl (C=O) groups is 2. The summed E-state index contributed by atoms with van der Waals surface area (Å²) >= 11 is 15.2. The van der Waals surface area contributed by atoms with Gasteiger partial charge in [-0.3, -0.25) is 4.79 Å². The van der Waals surface area contributed by atoms with Crippen LogP contribution >= 0.6 is 39.1 Å². The third-order valence-electron chi connectivity index (χ3n) is 4.29. The summed E-state index contributed by atoms with van der Waals surface area (Å²) in [5.74, 6) is -0.0396. The van der Waals surface area contributed by atoms with Crippen LogP contribution in [-0.4, -0.2) is 24.7 Å². The normalized spacial score (nSPS) is 10.8. The number of hydrazone groups is 1. The molecule has 6 nitrogen and oxygen atoms in total. The summed E-state index contributed by atoms with van der Waals surface area (Å²) in [5, 5.41) is 4.57. The van der Waals surface area contributed by atoms with E-state index in [2.05, 4.69) is 26.5 Å². The third kappa shape index (κ3) is 7.05. The van der Waals surface area contributed by atoms with Crippen LogP contribution < -0.4 is 14.9 Å². The molecule has 1 N–H and O–H groups in total. The number of nitrogens with one attached hydrogen (secondary N) is 1. The molecule has 3 aromatic rings. The molecule has 1 amide bonds. The van der Waals surface area contributed by atoms with Gasteiger partial charge in [0.2, 0.25) is 0 Å². The quantitative estimate of drug-likeness (QED) is 0.150. The van der Waals surface area contributed by atoms with E-state index in [-0.39, 0.29) is 10.8 Å². The number of benzene rings is 3. The minimum atomic E-state index is -0.533. The number of halogens is 3. The van der Waals surface area contributed by atoms with E-state index >= 15 is 0 Å². The van der Waals surface area contributed by atoms with Crippen LogP contribution in [0.15, 0.2) is 70.2 Å². The van der Waals surface area contributed by atoms with E-state index < -0.39 is 11.9 Å². The summed E-state index contributed by atoms with van der Waals surface area (Å²) < 4.78 is 11.8. The van der Waals surface area contributed by atoms with Gasteiger partial charge in [0.25, 0.3) is 5.91 Å². The highest BCUT2D eigenvalue weighted by Gasteiger charge is 2.12. The van der Waals surface area contributed by atoms with Gasteiger partial charge >= 0.3 is 5.97 Å². The zero-order chi connectivity index (χ0) is 23.8. The molecule has 3 rings (SSSR count). The van der Waals surface area contributed by atoms with Gasteiger partial charge in [0.15, 0.2) is 0 Å². The maximum atomic E-state index is 12.6. The lowest BCUT2D eigenvalue weighted by atomic mass is 10.2. The lowest BCUT2D eigenvalue weighted by Gasteiger charge is -2.09. The maximum Gasteiger partial charge on any atom is 0.343 e. The van der Waals surface area contributed by atoms with Gasteiger partial charge in [-0.2, -0.15) is 5.10 Å². The third-order valence-corrected chi connectivity index (χ3v) is 5.52. The predicted octanol–water partition coefficient (Wildman–Crippen LogP) is 6.53. The van der Waals surface area contributed by atoms with E-state index in [1.165, 1.54) is 24.4 Å². The summed E-state index contributed by atoms with van der Waals surface area (Å²) in [5.41, 5.74) is 3.56. The molecule has 0 bridgehead atoms. The van der Waals surface area contributed by atoms with Crippen LogP contribution in [0, 0.1) is 0 Å². The number of ether oxygens (including phenoxy) is 2. The highest BCUT2D eigenvalue weighted by molar-refractivity contribution is 9.10. The van der Waals surface area contributed by atoms with Crippen molar-refractivity contribution in [1.82, 2.24) is 5.43 Å². The fourth-order valence-corrected chi connectivity index (χ4v) is 3.32. The van der Waals surface area contributed by atoms with Crippen LogP contribution in [0.25, 0.3) is 0 Å². The molecule has 3 aromatic carbocycles. The summed E-state index contributed by atoms with van der Waals surface area (Å²) in [6, 6.07) is 16.3. The zero-order valence-electron chi connectivity index (χ0n) is 17.5. The smallest absolute Gasteiger partial charge is 0.343 e. The molecule has 170 valence electrons. The van der Waals surface area contributed by atoms with Crippen LogP contribution in [-0.2, 0) is 0 Å². The SMILES string of the molecule is CCCOc1ccc(C(=O)Oc2ccc(Br)cc2/C=N\NC(=O)c2ccc(Cl)c(Cl)c2)cc1. The van der Waals surface area contributed by atoms with E-state index in [9.17, 15) is 9.59 Å². The van der Waals surface area contributed by atoms with Crippen molar-refractivity contribution in [2.75, 3.05) is 6.61 Å². The van der Waals surface area contributed by atoms with Crippen molar-refractivity contribution in [3.05, 3.63) is 91.9 Å². The number of amides is 1. The van der Waals surface area contributed by atoms with E-state index in [0.29, 0.717) is 34.1 Å². The predicted molar refractivity (Wildman–Crippen MR) is 133 cm³/mol. The molecule has 0 saturated carbocycles. The average molecular weight is 550 g/mol. The van der Waals surface area contributed by atoms with Crippen LogP contribution in [0.3, 0.4) is 0 Å². The Labute approximate surface area is 209 Å². The maximum absolute atomic E-state index is 12.6. The Morgan fingerprint density at radius 1 is 1.00 bits per heavy atom. The molecule has 0 aliphatic carbocycles.